The molecule has 1 N–H and O–H groups in total. The summed E-state index contributed by atoms with van der Waals surface area (Å²) in [5.41, 5.74) is -3.00. The van der Waals surface area contributed by atoms with E-state index in [1.165, 1.54) is 103 Å². The van der Waals surface area contributed by atoms with E-state index in [1.807, 2.05) is 6.92 Å². The van der Waals surface area contributed by atoms with Crippen LogP contribution in [0.15, 0.2) is 0 Å². The third kappa shape index (κ3) is 21.2. The standard InChI is InChI=1S/C31H61O6PS/c1-6-9-11-13-14-15-16-17-18-20-22-24-27(23-21-19-12-10-7-2)25-29(39)36-28(8-3)37-31(33,38-34)30(32)35-26(4)5/h26-29,33,39H,6-25H2,1-5H3. The highest BCUT2D eigenvalue weighted by atomic mass is 32.1. The molecule has 4 unspecified atom stereocenters. The molecule has 0 radical (unpaired) electrons. The Balaban J connectivity index is 4.65. The number of aliphatic hydroxyl groups is 1. The van der Waals surface area contributed by atoms with Crippen molar-refractivity contribution < 1.29 is 28.7 Å². The van der Waals surface area contributed by atoms with E-state index in [0.29, 0.717) is 12.3 Å². The van der Waals surface area contributed by atoms with Gasteiger partial charge in [0.05, 0.1) is 6.10 Å². The minimum atomic E-state index is -2.59. The van der Waals surface area contributed by atoms with Crippen LogP contribution in [0.1, 0.15) is 163 Å². The van der Waals surface area contributed by atoms with Crippen molar-refractivity contribution in [3.8, 4) is 0 Å². The third-order valence-corrected chi connectivity index (χ3v) is 8.01. The molecule has 0 saturated carbocycles. The predicted octanol–water partition coefficient (Wildman–Crippen LogP) is 9.97. The SMILES string of the molecule is CCCCCCCCCCCCCC(CCCCCCC)CC(S)OC(CC)OC(O)(P=O)C(=O)OC(C)C. The Hall–Kier alpha value is -0.200. The van der Waals surface area contributed by atoms with Crippen LogP contribution in [0.4, 0.5) is 0 Å². The zero-order chi connectivity index (χ0) is 29.4. The molecule has 0 aliphatic heterocycles. The number of unbranched alkanes of at least 4 members (excludes halogenated alkanes) is 14. The Kier molecular flexibility index (Phi) is 25.4. The molecule has 0 aliphatic carbocycles. The van der Waals surface area contributed by atoms with E-state index >= 15 is 0 Å². The Labute approximate surface area is 247 Å². The molecule has 6 nitrogen and oxygen atoms in total. The predicted molar refractivity (Wildman–Crippen MR) is 165 cm³/mol. The van der Waals surface area contributed by atoms with Gasteiger partial charge in [-0.05, 0) is 32.6 Å². The lowest BCUT2D eigenvalue weighted by Gasteiger charge is -2.29. The maximum Gasteiger partial charge on any atom is 0.380 e. The topological polar surface area (TPSA) is 82.1 Å². The quantitative estimate of drug-likeness (QED) is 0.0309. The van der Waals surface area contributed by atoms with Gasteiger partial charge in [-0.25, -0.2) is 4.79 Å². The van der Waals surface area contributed by atoms with Gasteiger partial charge in [-0.15, -0.1) is 12.6 Å². The third-order valence-electron chi connectivity index (χ3n) is 7.14. The summed E-state index contributed by atoms with van der Waals surface area (Å²) in [7, 11) is -0.888. The van der Waals surface area contributed by atoms with Crippen LogP contribution in [-0.2, 0) is 23.6 Å². The van der Waals surface area contributed by atoms with Crippen LogP contribution in [0.2, 0.25) is 0 Å². The molecule has 0 aromatic rings. The summed E-state index contributed by atoms with van der Waals surface area (Å²) in [6.07, 6.45) is 23.1. The van der Waals surface area contributed by atoms with E-state index in [2.05, 4.69) is 26.5 Å². The van der Waals surface area contributed by atoms with Gasteiger partial charge in [0.1, 0.15) is 5.44 Å². The average Bonchev–Trinajstić information content (AvgIpc) is 2.90. The van der Waals surface area contributed by atoms with Gasteiger partial charge >= 0.3 is 11.5 Å². The maximum atomic E-state index is 12.2. The zero-order valence-corrected chi connectivity index (χ0v) is 27.6. The Bertz CT molecular complexity index is 593. The molecule has 232 valence electrons. The van der Waals surface area contributed by atoms with Gasteiger partial charge in [-0.3, -0.25) is 4.57 Å². The Morgan fingerprint density at radius 2 is 1.23 bits per heavy atom. The summed E-state index contributed by atoms with van der Waals surface area (Å²) < 4.78 is 28.0. The number of esters is 1. The fraction of sp³-hybridized carbons (Fsp3) is 0.968. The highest BCUT2D eigenvalue weighted by Crippen LogP contribution is 2.30. The number of carbonyl (C=O) groups is 1. The van der Waals surface area contributed by atoms with Crippen molar-refractivity contribution in [1.82, 2.24) is 0 Å². The van der Waals surface area contributed by atoms with Crippen LogP contribution in [0.5, 0.6) is 0 Å². The summed E-state index contributed by atoms with van der Waals surface area (Å²) in [4.78, 5) is 12.2. The first-order chi connectivity index (χ1) is 18.7. The van der Waals surface area contributed by atoms with Gasteiger partial charge in [0.2, 0.25) is 8.46 Å². The molecule has 0 rings (SSSR count). The van der Waals surface area contributed by atoms with Gasteiger partial charge in [-0.1, -0.05) is 136 Å². The van der Waals surface area contributed by atoms with Crippen LogP contribution in [0, 0.1) is 5.92 Å². The number of ether oxygens (including phenoxy) is 3. The highest BCUT2D eigenvalue weighted by molar-refractivity contribution is 7.80. The molecule has 0 saturated heterocycles. The van der Waals surface area contributed by atoms with E-state index in [-0.39, 0.29) is 0 Å². The maximum absolute atomic E-state index is 12.2. The number of carbonyl (C=O) groups excluding carboxylic acids is 1. The van der Waals surface area contributed by atoms with Crippen molar-refractivity contribution in [2.75, 3.05) is 0 Å². The molecule has 8 heteroatoms. The molecule has 0 aliphatic rings. The van der Waals surface area contributed by atoms with E-state index < -0.39 is 37.8 Å². The van der Waals surface area contributed by atoms with Crippen molar-refractivity contribution in [3.63, 3.8) is 0 Å². The van der Waals surface area contributed by atoms with Crippen molar-refractivity contribution in [2.24, 2.45) is 5.92 Å². The molecular weight excluding hydrogens is 531 g/mol. The van der Waals surface area contributed by atoms with E-state index in [9.17, 15) is 14.5 Å². The van der Waals surface area contributed by atoms with E-state index in [1.54, 1.807) is 13.8 Å². The lowest BCUT2D eigenvalue weighted by molar-refractivity contribution is -0.260. The second kappa shape index (κ2) is 25.5. The molecule has 0 heterocycles. The lowest BCUT2D eigenvalue weighted by atomic mass is 9.91. The van der Waals surface area contributed by atoms with Crippen molar-refractivity contribution in [1.29, 1.82) is 0 Å². The first kappa shape index (κ1) is 38.8. The minimum Gasteiger partial charge on any atom is -0.458 e. The van der Waals surface area contributed by atoms with Crippen LogP contribution in [-0.4, -0.2) is 34.4 Å². The first-order valence-electron chi connectivity index (χ1n) is 16.0. The van der Waals surface area contributed by atoms with Crippen molar-refractivity contribution >= 4 is 27.1 Å². The van der Waals surface area contributed by atoms with Gasteiger partial charge in [0.25, 0.3) is 0 Å². The lowest BCUT2D eigenvalue weighted by Crippen LogP contribution is -2.42. The summed E-state index contributed by atoms with van der Waals surface area (Å²) in [6.45, 7) is 9.62. The van der Waals surface area contributed by atoms with Crippen LogP contribution in [0.25, 0.3) is 0 Å². The zero-order valence-electron chi connectivity index (χ0n) is 25.8. The van der Waals surface area contributed by atoms with Gasteiger partial charge < -0.3 is 19.3 Å². The molecule has 0 amide bonds. The van der Waals surface area contributed by atoms with Crippen LogP contribution < -0.4 is 0 Å². The molecule has 0 spiro atoms. The van der Waals surface area contributed by atoms with E-state index in [0.717, 1.165) is 19.3 Å². The molecule has 4 atom stereocenters. The van der Waals surface area contributed by atoms with Crippen molar-refractivity contribution in [3.05, 3.63) is 0 Å². The fourth-order valence-corrected chi connectivity index (χ4v) is 5.54. The Morgan fingerprint density at radius 3 is 1.62 bits per heavy atom. The molecule has 0 aromatic carbocycles. The smallest absolute Gasteiger partial charge is 0.380 e. The Morgan fingerprint density at radius 1 is 0.795 bits per heavy atom. The summed E-state index contributed by atoms with van der Waals surface area (Å²) >= 11 is 4.68. The molecule has 0 fully saturated rings. The fourth-order valence-electron chi connectivity index (χ4n) is 4.82. The number of rotatable bonds is 28. The largest absolute Gasteiger partial charge is 0.458 e. The van der Waals surface area contributed by atoms with Crippen LogP contribution in [0.3, 0.4) is 0 Å². The molecule has 0 bridgehead atoms. The summed E-state index contributed by atoms with van der Waals surface area (Å²) in [5, 5.41) is 10.5. The monoisotopic (exact) mass is 592 g/mol. The van der Waals surface area contributed by atoms with E-state index in [4.69, 9.17) is 14.2 Å². The average molecular weight is 593 g/mol. The number of thiol groups is 1. The molecule has 39 heavy (non-hydrogen) atoms. The molecular formula is C31H61O6PS. The summed E-state index contributed by atoms with van der Waals surface area (Å²) in [6, 6.07) is 0. The van der Waals surface area contributed by atoms with Gasteiger partial charge in [0, 0.05) is 0 Å². The number of hydrogen-bond donors (Lipinski definition) is 2. The first-order valence-corrected chi connectivity index (χ1v) is 17.3. The number of hydrogen-bond acceptors (Lipinski definition) is 7. The minimum absolute atomic E-state index is 0.365. The van der Waals surface area contributed by atoms with Gasteiger partial charge in [0.15, 0.2) is 6.29 Å². The molecule has 0 aromatic heterocycles. The normalized spacial score (nSPS) is 15.8. The second-order valence-corrected chi connectivity index (χ2v) is 12.7. The van der Waals surface area contributed by atoms with Gasteiger partial charge in [-0.2, -0.15) is 0 Å². The summed E-state index contributed by atoms with van der Waals surface area (Å²) in [5.74, 6) is -0.582. The highest BCUT2D eigenvalue weighted by Gasteiger charge is 2.44. The van der Waals surface area contributed by atoms with Crippen LogP contribution >= 0.6 is 21.1 Å². The second-order valence-electron chi connectivity index (χ2n) is 11.3. The van der Waals surface area contributed by atoms with Crippen molar-refractivity contribution in [2.45, 2.75) is 186 Å².